The first-order valence-electron chi connectivity index (χ1n) is 7.47. The van der Waals surface area contributed by atoms with E-state index in [-0.39, 0.29) is 18.4 Å². The molecule has 1 fully saturated rings. The lowest BCUT2D eigenvalue weighted by Gasteiger charge is -2.32. The number of carbonyl (C=O) groups is 1. The average molecular weight is 341 g/mol. The van der Waals surface area contributed by atoms with Crippen molar-refractivity contribution in [1.29, 1.82) is 0 Å². The van der Waals surface area contributed by atoms with Crippen molar-refractivity contribution in [3.05, 3.63) is 24.3 Å². The third-order valence-corrected chi connectivity index (χ3v) is 5.81. The van der Waals surface area contributed by atoms with Gasteiger partial charge in [-0.1, -0.05) is 0 Å². The highest BCUT2D eigenvalue weighted by atomic mass is 32.2. The third-order valence-electron chi connectivity index (χ3n) is 3.90. The molecule has 0 unspecified atom stereocenters. The van der Waals surface area contributed by atoms with Gasteiger partial charge in [-0.3, -0.25) is 4.79 Å². The standard InChI is InChI=1S/C15H23N3O4S/c1-17(2)23(20,21)18-10-4-5-12(11-18)15(19)16-13-6-8-14(22-3)9-7-13/h6-9,12H,4-5,10-11H2,1-3H3,(H,16,19)/t12-/m1/s1. The molecule has 1 aromatic carbocycles. The van der Waals surface area contributed by atoms with Crippen LogP contribution in [-0.4, -0.2) is 57.2 Å². The molecule has 7 nitrogen and oxygen atoms in total. The molecule has 1 aliphatic heterocycles. The molecule has 0 radical (unpaired) electrons. The van der Waals surface area contributed by atoms with E-state index in [9.17, 15) is 13.2 Å². The van der Waals surface area contributed by atoms with Crippen LogP contribution < -0.4 is 10.1 Å². The Hall–Kier alpha value is -1.64. The minimum Gasteiger partial charge on any atom is -0.497 e. The Labute approximate surface area is 137 Å². The van der Waals surface area contributed by atoms with E-state index in [4.69, 9.17) is 4.74 Å². The van der Waals surface area contributed by atoms with E-state index in [1.807, 2.05) is 0 Å². The number of nitrogens with zero attached hydrogens (tertiary/aromatic N) is 2. The Kier molecular flexibility index (Phi) is 5.61. The smallest absolute Gasteiger partial charge is 0.281 e. The minimum absolute atomic E-state index is 0.158. The largest absolute Gasteiger partial charge is 0.497 e. The third kappa shape index (κ3) is 4.21. The summed E-state index contributed by atoms with van der Waals surface area (Å²) in [6, 6.07) is 7.04. The monoisotopic (exact) mass is 341 g/mol. The highest BCUT2D eigenvalue weighted by Crippen LogP contribution is 2.22. The zero-order valence-electron chi connectivity index (χ0n) is 13.7. The summed E-state index contributed by atoms with van der Waals surface area (Å²) in [7, 11) is 1.09. The molecule has 1 aromatic rings. The van der Waals surface area contributed by atoms with Crippen molar-refractivity contribution < 1.29 is 17.9 Å². The summed E-state index contributed by atoms with van der Waals surface area (Å²) in [5.41, 5.74) is 0.670. The van der Waals surface area contributed by atoms with E-state index in [0.717, 1.165) is 0 Å². The molecule has 1 aliphatic rings. The molecule has 128 valence electrons. The molecular weight excluding hydrogens is 318 g/mol. The second kappa shape index (κ2) is 7.29. The van der Waals surface area contributed by atoms with E-state index < -0.39 is 10.2 Å². The lowest BCUT2D eigenvalue weighted by Crippen LogP contribution is -2.47. The van der Waals surface area contributed by atoms with Crippen LogP contribution in [0.1, 0.15) is 12.8 Å². The van der Waals surface area contributed by atoms with Crippen molar-refractivity contribution in [3.8, 4) is 5.75 Å². The number of rotatable bonds is 5. The van der Waals surface area contributed by atoms with Crippen LogP contribution in [-0.2, 0) is 15.0 Å². The van der Waals surface area contributed by atoms with E-state index >= 15 is 0 Å². The van der Waals surface area contributed by atoms with Crippen LogP contribution in [0.25, 0.3) is 0 Å². The van der Waals surface area contributed by atoms with Gasteiger partial charge in [0.05, 0.1) is 13.0 Å². The molecule has 23 heavy (non-hydrogen) atoms. The summed E-state index contributed by atoms with van der Waals surface area (Å²) >= 11 is 0. The van der Waals surface area contributed by atoms with Crippen LogP contribution in [0.5, 0.6) is 5.75 Å². The Bertz CT molecular complexity index is 643. The predicted octanol–water partition coefficient (Wildman–Crippen LogP) is 1.15. The van der Waals surface area contributed by atoms with E-state index in [1.165, 1.54) is 22.7 Å². The Balaban J connectivity index is 2.01. The predicted molar refractivity (Wildman–Crippen MR) is 88.5 cm³/mol. The fraction of sp³-hybridized carbons (Fsp3) is 0.533. The zero-order valence-corrected chi connectivity index (χ0v) is 14.5. The maximum atomic E-state index is 12.4. The molecule has 1 saturated heterocycles. The number of hydrogen-bond donors (Lipinski definition) is 1. The fourth-order valence-electron chi connectivity index (χ4n) is 2.52. The normalized spacial score (nSPS) is 19.6. The Morgan fingerprint density at radius 2 is 1.96 bits per heavy atom. The molecule has 0 spiro atoms. The van der Waals surface area contributed by atoms with Gasteiger partial charge >= 0.3 is 0 Å². The van der Waals surface area contributed by atoms with E-state index in [2.05, 4.69) is 5.32 Å². The number of nitrogens with one attached hydrogen (secondary N) is 1. The quantitative estimate of drug-likeness (QED) is 0.871. The number of anilines is 1. The van der Waals surface area contributed by atoms with Gasteiger partial charge in [0.2, 0.25) is 5.91 Å². The van der Waals surface area contributed by atoms with Gasteiger partial charge in [0.1, 0.15) is 5.75 Å². The maximum absolute atomic E-state index is 12.4. The van der Waals surface area contributed by atoms with Gasteiger partial charge in [0.15, 0.2) is 0 Å². The number of methoxy groups -OCH3 is 1. The second-order valence-corrected chi connectivity index (χ2v) is 7.85. The molecule has 1 N–H and O–H groups in total. The minimum atomic E-state index is -3.48. The SMILES string of the molecule is COc1ccc(NC(=O)[C@@H]2CCCN(S(=O)(=O)N(C)C)C2)cc1. The van der Waals surface area contributed by atoms with Gasteiger partial charge < -0.3 is 10.1 Å². The number of piperidine rings is 1. The molecule has 0 aromatic heterocycles. The van der Waals surface area contributed by atoms with Gasteiger partial charge in [0, 0.05) is 32.9 Å². The summed E-state index contributed by atoms with van der Waals surface area (Å²) in [5.74, 6) is 0.207. The molecule has 2 rings (SSSR count). The molecule has 8 heteroatoms. The van der Waals surface area contributed by atoms with E-state index in [1.54, 1.807) is 31.4 Å². The average Bonchev–Trinajstić information content (AvgIpc) is 2.55. The second-order valence-electron chi connectivity index (χ2n) is 5.71. The van der Waals surface area contributed by atoms with Crippen molar-refractivity contribution in [2.24, 2.45) is 5.92 Å². The summed E-state index contributed by atoms with van der Waals surface area (Å²) in [6.45, 7) is 0.662. The Morgan fingerprint density at radius 1 is 1.30 bits per heavy atom. The fourth-order valence-corrected chi connectivity index (χ4v) is 3.71. The van der Waals surface area contributed by atoms with Gasteiger partial charge in [-0.05, 0) is 37.1 Å². The highest BCUT2D eigenvalue weighted by molar-refractivity contribution is 7.86. The lowest BCUT2D eigenvalue weighted by atomic mass is 9.99. The van der Waals surface area contributed by atoms with Crippen LogP contribution in [0.15, 0.2) is 24.3 Å². The lowest BCUT2D eigenvalue weighted by molar-refractivity contribution is -0.120. The molecule has 1 heterocycles. The molecule has 0 saturated carbocycles. The summed E-state index contributed by atoms with van der Waals surface area (Å²) < 4.78 is 32.0. The summed E-state index contributed by atoms with van der Waals surface area (Å²) in [5, 5.41) is 2.83. The molecule has 0 aliphatic carbocycles. The van der Waals surface area contributed by atoms with Crippen LogP contribution >= 0.6 is 0 Å². The topological polar surface area (TPSA) is 79.0 Å². The number of hydrogen-bond acceptors (Lipinski definition) is 4. The first-order valence-corrected chi connectivity index (χ1v) is 8.87. The van der Waals surface area contributed by atoms with Crippen LogP contribution in [0, 0.1) is 5.92 Å². The van der Waals surface area contributed by atoms with Crippen molar-refractivity contribution in [2.45, 2.75) is 12.8 Å². The van der Waals surface area contributed by atoms with Crippen LogP contribution in [0.2, 0.25) is 0 Å². The Morgan fingerprint density at radius 3 is 2.52 bits per heavy atom. The molecule has 0 bridgehead atoms. The van der Waals surface area contributed by atoms with Crippen molar-refractivity contribution >= 4 is 21.8 Å². The summed E-state index contributed by atoms with van der Waals surface area (Å²) in [4.78, 5) is 12.4. The molecule has 1 atom stereocenters. The number of ether oxygens (including phenoxy) is 1. The summed E-state index contributed by atoms with van der Waals surface area (Å²) in [6.07, 6.45) is 1.36. The first kappa shape index (κ1) is 17.7. The van der Waals surface area contributed by atoms with Gasteiger partial charge in [0.25, 0.3) is 10.2 Å². The number of carbonyl (C=O) groups excluding carboxylic acids is 1. The maximum Gasteiger partial charge on any atom is 0.281 e. The van der Waals surface area contributed by atoms with Gasteiger partial charge in [-0.15, -0.1) is 0 Å². The van der Waals surface area contributed by atoms with Crippen molar-refractivity contribution in [2.75, 3.05) is 39.6 Å². The molecule has 1 amide bonds. The van der Waals surface area contributed by atoms with E-state index in [0.29, 0.717) is 30.8 Å². The highest BCUT2D eigenvalue weighted by Gasteiger charge is 2.33. The van der Waals surface area contributed by atoms with Crippen molar-refractivity contribution in [1.82, 2.24) is 8.61 Å². The first-order chi connectivity index (χ1) is 10.8. The zero-order chi connectivity index (χ0) is 17.0. The number of amides is 1. The van der Waals surface area contributed by atoms with Crippen LogP contribution in [0.3, 0.4) is 0 Å². The van der Waals surface area contributed by atoms with Gasteiger partial charge in [-0.25, -0.2) is 0 Å². The van der Waals surface area contributed by atoms with Crippen molar-refractivity contribution in [3.63, 3.8) is 0 Å². The molecular formula is C15H23N3O4S. The number of benzene rings is 1. The van der Waals surface area contributed by atoms with Gasteiger partial charge in [-0.2, -0.15) is 17.0 Å². The van der Waals surface area contributed by atoms with Crippen LogP contribution in [0.4, 0.5) is 5.69 Å².